The summed E-state index contributed by atoms with van der Waals surface area (Å²) in [6.07, 6.45) is 0.630. The van der Waals surface area contributed by atoms with E-state index in [9.17, 15) is 23.9 Å². The molecule has 4 aromatic rings. The van der Waals surface area contributed by atoms with E-state index in [1.54, 1.807) is 42.5 Å². The third kappa shape index (κ3) is 5.51. The van der Waals surface area contributed by atoms with Crippen LogP contribution in [0.15, 0.2) is 76.6 Å². The number of anilines is 1. The second kappa shape index (κ2) is 11.6. The number of nitrogens with zero attached hydrogens (tertiary/aromatic N) is 3. The number of aromatic nitrogens is 2. The number of rotatable bonds is 7. The molecule has 2 aliphatic rings. The number of thioether (sulfide) groups is 1. The van der Waals surface area contributed by atoms with Gasteiger partial charge in [0.25, 0.3) is 5.78 Å². The number of aliphatic hydroxyl groups is 1. The molecule has 0 radical (unpaired) electrons. The number of aliphatic hydroxyl groups excluding tert-OH is 1. The fraction of sp³-hybridized carbons (Fsp3) is 0.194. The quantitative estimate of drug-likeness (QED) is 0.0695. The number of Topliss-reactive ketones (excluding diaryl/α,β-unsaturated/α-hetero) is 1. The molecule has 3 aromatic carbocycles. The van der Waals surface area contributed by atoms with Gasteiger partial charge in [-0.3, -0.25) is 14.5 Å². The molecule has 2 aliphatic heterocycles. The Labute approximate surface area is 254 Å². The molecule has 1 fully saturated rings. The van der Waals surface area contributed by atoms with Gasteiger partial charge in [-0.1, -0.05) is 47.4 Å². The number of halogens is 1. The summed E-state index contributed by atoms with van der Waals surface area (Å²) in [5, 5.41) is 20.1. The summed E-state index contributed by atoms with van der Waals surface area (Å²) in [6.45, 7) is 1.94. The van der Waals surface area contributed by atoms with E-state index in [1.165, 1.54) is 48.0 Å². The number of hydrogen-bond acceptors (Lipinski definition) is 10. The summed E-state index contributed by atoms with van der Waals surface area (Å²) in [4.78, 5) is 40.4. The lowest BCUT2D eigenvalue weighted by atomic mass is 9.94. The molecule has 1 amide bonds. The molecule has 43 heavy (non-hydrogen) atoms. The van der Waals surface area contributed by atoms with Gasteiger partial charge in [0, 0.05) is 17.7 Å². The van der Waals surface area contributed by atoms with Gasteiger partial charge in [0.2, 0.25) is 5.13 Å². The molecule has 0 bridgehead atoms. The van der Waals surface area contributed by atoms with Gasteiger partial charge in [-0.05, 0) is 66.1 Å². The lowest BCUT2D eigenvalue weighted by Gasteiger charge is -2.22. The van der Waals surface area contributed by atoms with Gasteiger partial charge in [-0.15, -0.1) is 10.2 Å². The van der Waals surface area contributed by atoms with Crippen LogP contribution in [0.25, 0.3) is 5.76 Å². The van der Waals surface area contributed by atoms with Crippen molar-refractivity contribution in [3.63, 3.8) is 0 Å². The predicted molar refractivity (Wildman–Crippen MR) is 159 cm³/mol. The van der Waals surface area contributed by atoms with Gasteiger partial charge in [0.15, 0.2) is 4.34 Å². The summed E-state index contributed by atoms with van der Waals surface area (Å²) in [7, 11) is 1.27. The summed E-state index contributed by atoms with van der Waals surface area (Å²) >= 11 is 2.48. The average molecular weight is 618 g/mol. The minimum Gasteiger partial charge on any atom is -0.507 e. The Hall–Kier alpha value is -4.55. The highest BCUT2D eigenvalue weighted by molar-refractivity contribution is 8.00. The van der Waals surface area contributed by atoms with Gasteiger partial charge < -0.3 is 14.6 Å². The molecule has 0 aliphatic carbocycles. The highest BCUT2D eigenvalue weighted by atomic mass is 32.2. The molecule has 9 nitrogen and oxygen atoms in total. The van der Waals surface area contributed by atoms with E-state index in [4.69, 9.17) is 9.47 Å². The average Bonchev–Trinajstić information content (AvgIpc) is 3.71. The number of benzene rings is 3. The second-order valence-corrected chi connectivity index (χ2v) is 12.2. The van der Waals surface area contributed by atoms with Gasteiger partial charge in [0.05, 0.1) is 24.3 Å². The van der Waals surface area contributed by atoms with Crippen molar-refractivity contribution in [2.24, 2.45) is 0 Å². The van der Waals surface area contributed by atoms with Crippen molar-refractivity contribution in [3.8, 4) is 5.75 Å². The van der Waals surface area contributed by atoms with Gasteiger partial charge in [0.1, 0.15) is 23.4 Å². The first-order valence-electron chi connectivity index (χ1n) is 13.2. The van der Waals surface area contributed by atoms with E-state index in [0.717, 1.165) is 22.5 Å². The third-order valence-corrected chi connectivity index (χ3v) is 9.27. The monoisotopic (exact) mass is 617 g/mol. The molecule has 3 heterocycles. The number of fused-ring (bicyclic) bond motifs is 1. The lowest BCUT2D eigenvalue weighted by molar-refractivity contribution is -0.132. The molecule has 218 valence electrons. The van der Waals surface area contributed by atoms with Gasteiger partial charge >= 0.3 is 11.9 Å². The molecule has 2 atom stereocenters. The van der Waals surface area contributed by atoms with Crippen LogP contribution < -0.4 is 9.64 Å². The molecule has 0 spiro atoms. The first-order chi connectivity index (χ1) is 20.7. The number of ether oxygens (including phenoxy) is 2. The maximum Gasteiger partial charge on any atom is 0.337 e. The Morgan fingerprint density at radius 3 is 2.53 bits per heavy atom. The molecule has 12 heteroatoms. The van der Waals surface area contributed by atoms with E-state index in [0.29, 0.717) is 33.4 Å². The summed E-state index contributed by atoms with van der Waals surface area (Å²) < 4.78 is 24.4. The van der Waals surface area contributed by atoms with E-state index in [-0.39, 0.29) is 33.9 Å². The number of carbonyl (C=O) groups excluding carboxylic acids is 3. The Bertz CT molecular complexity index is 1770. The van der Waals surface area contributed by atoms with E-state index in [1.807, 2.05) is 6.92 Å². The zero-order chi connectivity index (χ0) is 30.2. The number of ketones is 1. The Kier molecular flexibility index (Phi) is 7.72. The fourth-order valence-electron chi connectivity index (χ4n) is 5.07. The van der Waals surface area contributed by atoms with Crippen molar-refractivity contribution in [2.75, 3.05) is 12.0 Å². The zero-order valence-corrected chi connectivity index (χ0v) is 24.6. The molecule has 1 N–H and O–H groups in total. The van der Waals surface area contributed by atoms with Crippen LogP contribution in [-0.2, 0) is 26.5 Å². The highest BCUT2D eigenvalue weighted by Gasteiger charge is 2.48. The number of hydrogen-bond donors (Lipinski definition) is 1. The Morgan fingerprint density at radius 1 is 1.09 bits per heavy atom. The lowest BCUT2D eigenvalue weighted by Crippen LogP contribution is -2.29. The molecule has 0 unspecified atom stereocenters. The van der Waals surface area contributed by atoms with E-state index >= 15 is 0 Å². The minimum atomic E-state index is -1.04. The van der Waals surface area contributed by atoms with Crippen molar-refractivity contribution < 1.29 is 33.4 Å². The van der Waals surface area contributed by atoms with Gasteiger partial charge in [-0.25, -0.2) is 9.18 Å². The van der Waals surface area contributed by atoms with Crippen LogP contribution in [0.1, 0.15) is 45.6 Å². The molecular weight excluding hydrogens is 593 g/mol. The number of carbonyl (C=O) groups is 3. The van der Waals surface area contributed by atoms with Crippen molar-refractivity contribution >= 4 is 51.6 Å². The normalized spacial score (nSPS) is 18.9. The van der Waals surface area contributed by atoms with Crippen molar-refractivity contribution in [1.29, 1.82) is 0 Å². The fourth-order valence-corrected chi connectivity index (χ4v) is 6.90. The van der Waals surface area contributed by atoms with Crippen molar-refractivity contribution in [3.05, 3.63) is 106 Å². The molecule has 1 aromatic heterocycles. The van der Waals surface area contributed by atoms with E-state index < -0.39 is 23.7 Å². The number of methoxy groups -OCH3 is 1. The Balaban J connectivity index is 1.39. The van der Waals surface area contributed by atoms with Crippen molar-refractivity contribution in [2.45, 2.75) is 35.6 Å². The van der Waals surface area contributed by atoms with Crippen LogP contribution in [0.5, 0.6) is 5.75 Å². The van der Waals surface area contributed by atoms with Crippen LogP contribution in [0.4, 0.5) is 9.52 Å². The zero-order valence-electron chi connectivity index (χ0n) is 22.9. The number of amides is 1. The standard InChI is InChI=1S/C31H24FN3O6S2/c1-16-13-21-14-20(9-12-23(21)41-16)26(36)24-25(18-5-7-19(8-6-18)29(39)40-2)35(28(38)27(24)37)30-33-34-31(43-30)42-15-17-3-10-22(32)11-4-17/h3-12,14,16,25,36H,13,15H2,1-2H3/b26-24+/t16-,25-/m0/s1. The number of esters is 1. The smallest absolute Gasteiger partial charge is 0.337 e. The topological polar surface area (TPSA) is 119 Å². The maximum absolute atomic E-state index is 13.6. The summed E-state index contributed by atoms with van der Waals surface area (Å²) in [5.41, 5.74) is 2.78. The first-order valence-corrected chi connectivity index (χ1v) is 15.0. The summed E-state index contributed by atoms with van der Waals surface area (Å²) in [5.74, 6) is -1.74. The largest absolute Gasteiger partial charge is 0.507 e. The summed E-state index contributed by atoms with van der Waals surface area (Å²) in [6, 6.07) is 16.5. The van der Waals surface area contributed by atoms with E-state index in [2.05, 4.69) is 10.2 Å². The third-order valence-electron chi connectivity index (χ3n) is 7.14. The minimum absolute atomic E-state index is 0.0150. The molecule has 0 saturated carbocycles. The molecular formula is C31H24FN3O6S2. The van der Waals surface area contributed by atoms with Crippen LogP contribution in [0, 0.1) is 5.82 Å². The maximum atomic E-state index is 13.6. The van der Waals surface area contributed by atoms with Crippen LogP contribution in [0.3, 0.4) is 0 Å². The Morgan fingerprint density at radius 2 is 1.81 bits per heavy atom. The second-order valence-electron chi connectivity index (χ2n) is 10.0. The molecule has 1 saturated heterocycles. The van der Waals surface area contributed by atoms with Crippen LogP contribution in [-0.4, -0.2) is 46.2 Å². The van der Waals surface area contributed by atoms with Gasteiger partial charge in [-0.2, -0.15) is 0 Å². The highest BCUT2D eigenvalue weighted by Crippen LogP contribution is 2.44. The van der Waals surface area contributed by atoms with Crippen LogP contribution in [0.2, 0.25) is 0 Å². The molecule has 6 rings (SSSR count). The first kappa shape index (κ1) is 28.6. The predicted octanol–water partition coefficient (Wildman–Crippen LogP) is 5.71. The van der Waals surface area contributed by atoms with Crippen LogP contribution >= 0.6 is 23.1 Å². The van der Waals surface area contributed by atoms with Crippen molar-refractivity contribution in [1.82, 2.24) is 10.2 Å². The SMILES string of the molecule is COC(=O)c1ccc([C@H]2/C(=C(\O)c3ccc4c(c3)C[C@H](C)O4)C(=O)C(=O)N2c2nnc(SCc3ccc(F)cc3)s2)cc1.